The van der Waals surface area contributed by atoms with E-state index in [4.69, 9.17) is 0 Å². The molecule has 0 bridgehead atoms. The molecule has 0 saturated carbocycles. The first kappa shape index (κ1) is 9.22. The first-order chi connectivity index (χ1) is 7.34. The first-order valence-electron chi connectivity index (χ1n) is 5.94. The van der Waals surface area contributed by atoms with Gasteiger partial charge >= 0.3 is 0 Å². The fourth-order valence-electron chi connectivity index (χ4n) is 2.54. The van der Waals surface area contributed by atoms with Crippen molar-refractivity contribution in [3.63, 3.8) is 0 Å². The third-order valence-corrected chi connectivity index (χ3v) is 3.60. The molecule has 1 N–H and O–H groups in total. The Morgan fingerprint density at radius 1 is 1.33 bits per heavy atom. The minimum atomic E-state index is 0.625. The number of hydrogen-bond acceptors (Lipinski definition) is 2. The standard InChI is InChI=1S/C13H18N2/c1-10-8-12-11(9-14-10)4-2-5-13(12)15-6-3-7-15/h2,4-5,10,14H,3,6-9H2,1H3. The fourth-order valence-corrected chi connectivity index (χ4v) is 2.54. The van der Waals surface area contributed by atoms with Gasteiger partial charge in [-0.25, -0.2) is 0 Å². The van der Waals surface area contributed by atoms with E-state index in [0.717, 1.165) is 6.54 Å². The van der Waals surface area contributed by atoms with Gasteiger partial charge in [0.05, 0.1) is 0 Å². The van der Waals surface area contributed by atoms with Crippen LogP contribution >= 0.6 is 0 Å². The molecule has 0 aromatic heterocycles. The van der Waals surface area contributed by atoms with Crippen molar-refractivity contribution in [2.75, 3.05) is 18.0 Å². The third-order valence-electron chi connectivity index (χ3n) is 3.60. The van der Waals surface area contributed by atoms with E-state index in [9.17, 15) is 0 Å². The maximum Gasteiger partial charge on any atom is 0.0402 e. The van der Waals surface area contributed by atoms with Gasteiger partial charge in [0.25, 0.3) is 0 Å². The molecule has 0 amide bonds. The highest BCUT2D eigenvalue weighted by Gasteiger charge is 2.22. The van der Waals surface area contributed by atoms with Crippen LogP contribution in [-0.2, 0) is 13.0 Å². The minimum absolute atomic E-state index is 0.625. The smallest absolute Gasteiger partial charge is 0.0402 e. The van der Waals surface area contributed by atoms with Crippen molar-refractivity contribution >= 4 is 5.69 Å². The topological polar surface area (TPSA) is 15.3 Å². The average molecular weight is 202 g/mol. The Balaban J connectivity index is 1.99. The number of rotatable bonds is 1. The molecule has 0 spiro atoms. The lowest BCUT2D eigenvalue weighted by atomic mass is 9.93. The van der Waals surface area contributed by atoms with E-state index in [2.05, 4.69) is 35.3 Å². The number of nitrogens with zero attached hydrogens (tertiary/aromatic N) is 1. The number of anilines is 1. The summed E-state index contributed by atoms with van der Waals surface area (Å²) in [5.74, 6) is 0. The Bertz CT molecular complexity index is 369. The van der Waals surface area contributed by atoms with Crippen LogP contribution in [0.1, 0.15) is 24.5 Å². The zero-order valence-electron chi connectivity index (χ0n) is 9.29. The van der Waals surface area contributed by atoms with Crippen molar-refractivity contribution in [2.45, 2.75) is 32.4 Å². The predicted octanol–water partition coefficient (Wildman–Crippen LogP) is 1.93. The van der Waals surface area contributed by atoms with Gasteiger partial charge in [0, 0.05) is 31.4 Å². The second kappa shape index (κ2) is 3.53. The van der Waals surface area contributed by atoms with E-state index in [1.165, 1.54) is 37.2 Å². The molecule has 0 radical (unpaired) electrons. The van der Waals surface area contributed by atoms with Crippen molar-refractivity contribution in [3.8, 4) is 0 Å². The van der Waals surface area contributed by atoms with Crippen LogP contribution in [-0.4, -0.2) is 19.1 Å². The molecule has 1 aromatic carbocycles. The number of nitrogens with one attached hydrogen (secondary N) is 1. The molecule has 1 atom stereocenters. The van der Waals surface area contributed by atoms with Crippen molar-refractivity contribution < 1.29 is 0 Å². The summed E-state index contributed by atoms with van der Waals surface area (Å²) in [5, 5.41) is 3.52. The molecule has 2 nitrogen and oxygen atoms in total. The van der Waals surface area contributed by atoms with E-state index in [1.54, 1.807) is 5.56 Å². The molecule has 80 valence electrons. The Labute approximate surface area is 91.3 Å². The summed E-state index contributed by atoms with van der Waals surface area (Å²) in [6.45, 7) is 5.81. The van der Waals surface area contributed by atoms with Crippen molar-refractivity contribution in [2.24, 2.45) is 0 Å². The van der Waals surface area contributed by atoms with E-state index >= 15 is 0 Å². The Morgan fingerprint density at radius 2 is 2.20 bits per heavy atom. The molecule has 1 saturated heterocycles. The SMILES string of the molecule is CC1Cc2c(cccc2N2CCC2)CN1. The molecule has 2 heterocycles. The molecule has 1 fully saturated rings. The quantitative estimate of drug-likeness (QED) is 0.748. The molecular formula is C13H18N2. The van der Waals surface area contributed by atoms with E-state index in [0.29, 0.717) is 6.04 Å². The summed E-state index contributed by atoms with van der Waals surface area (Å²) in [4.78, 5) is 2.51. The highest BCUT2D eigenvalue weighted by molar-refractivity contribution is 5.59. The summed E-state index contributed by atoms with van der Waals surface area (Å²) >= 11 is 0. The van der Waals surface area contributed by atoms with Crippen LogP contribution in [0.4, 0.5) is 5.69 Å². The maximum atomic E-state index is 3.52. The van der Waals surface area contributed by atoms with Crippen LogP contribution in [0.2, 0.25) is 0 Å². The summed E-state index contributed by atoms with van der Waals surface area (Å²) in [6.07, 6.45) is 2.54. The molecule has 15 heavy (non-hydrogen) atoms. The number of hydrogen-bond donors (Lipinski definition) is 1. The molecular weight excluding hydrogens is 184 g/mol. The van der Waals surface area contributed by atoms with Crippen LogP contribution in [0.15, 0.2) is 18.2 Å². The first-order valence-corrected chi connectivity index (χ1v) is 5.94. The van der Waals surface area contributed by atoms with Gasteiger partial charge in [-0.2, -0.15) is 0 Å². The van der Waals surface area contributed by atoms with Crippen LogP contribution in [0, 0.1) is 0 Å². The van der Waals surface area contributed by atoms with Crippen LogP contribution in [0.5, 0.6) is 0 Å². The zero-order valence-corrected chi connectivity index (χ0v) is 9.29. The summed E-state index contributed by atoms with van der Waals surface area (Å²) in [5.41, 5.74) is 4.58. The lowest BCUT2D eigenvalue weighted by Crippen LogP contribution is -2.40. The molecule has 2 aliphatic heterocycles. The average Bonchev–Trinajstić information content (AvgIpc) is 2.16. The third kappa shape index (κ3) is 1.53. The second-order valence-corrected chi connectivity index (χ2v) is 4.74. The molecule has 1 unspecified atom stereocenters. The van der Waals surface area contributed by atoms with Gasteiger partial charge in [-0.3, -0.25) is 0 Å². The number of benzene rings is 1. The highest BCUT2D eigenvalue weighted by atomic mass is 15.2. The molecule has 2 aliphatic rings. The minimum Gasteiger partial charge on any atom is -0.371 e. The normalized spacial score (nSPS) is 24.6. The second-order valence-electron chi connectivity index (χ2n) is 4.74. The summed E-state index contributed by atoms with van der Waals surface area (Å²) in [7, 11) is 0. The fraction of sp³-hybridized carbons (Fsp3) is 0.538. The van der Waals surface area contributed by atoms with E-state index in [-0.39, 0.29) is 0 Å². The monoisotopic (exact) mass is 202 g/mol. The lowest BCUT2D eigenvalue weighted by Gasteiger charge is -2.37. The Morgan fingerprint density at radius 3 is 2.93 bits per heavy atom. The van der Waals surface area contributed by atoms with Gasteiger partial charge in [-0.05, 0) is 37.0 Å². The van der Waals surface area contributed by atoms with Crippen molar-refractivity contribution in [1.82, 2.24) is 5.32 Å². The predicted molar refractivity (Wildman–Crippen MR) is 63.3 cm³/mol. The zero-order chi connectivity index (χ0) is 10.3. The van der Waals surface area contributed by atoms with Gasteiger partial charge in [-0.15, -0.1) is 0 Å². The maximum absolute atomic E-state index is 3.52. The van der Waals surface area contributed by atoms with E-state index < -0.39 is 0 Å². The molecule has 2 heteroatoms. The molecule has 1 aromatic rings. The number of fused-ring (bicyclic) bond motifs is 1. The largest absolute Gasteiger partial charge is 0.371 e. The molecule has 3 rings (SSSR count). The van der Waals surface area contributed by atoms with Gasteiger partial charge in [0.15, 0.2) is 0 Å². The van der Waals surface area contributed by atoms with Gasteiger partial charge < -0.3 is 10.2 Å². The highest BCUT2D eigenvalue weighted by Crippen LogP contribution is 2.30. The molecule has 0 aliphatic carbocycles. The van der Waals surface area contributed by atoms with Gasteiger partial charge in [0.1, 0.15) is 0 Å². The lowest BCUT2D eigenvalue weighted by molar-refractivity contribution is 0.510. The van der Waals surface area contributed by atoms with Gasteiger partial charge in [0.2, 0.25) is 0 Å². The Hall–Kier alpha value is -1.02. The van der Waals surface area contributed by atoms with Crippen molar-refractivity contribution in [1.29, 1.82) is 0 Å². The van der Waals surface area contributed by atoms with Crippen LogP contribution in [0.3, 0.4) is 0 Å². The van der Waals surface area contributed by atoms with Crippen molar-refractivity contribution in [3.05, 3.63) is 29.3 Å². The Kier molecular flexibility index (Phi) is 2.17. The van der Waals surface area contributed by atoms with E-state index in [1.807, 2.05) is 0 Å². The summed E-state index contributed by atoms with van der Waals surface area (Å²) < 4.78 is 0. The van der Waals surface area contributed by atoms with Crippen LogP contribution < -0.4 is 10.2 Å². The van der Waals surface area contributed by atoms with Gasteiger partial charge in [-0.1, -0.05) is 12.1 Å². The summed E-state index contributed by atoms with van der Waals surface area (Å²) in [6, 6.07) is 7.37. The van der Waals surface area contributed by atoms with Crippen LogP contribution in [0.25, 0.3) is 0 Å².